The van der Waals surface area contributed by atoms with Crippen LogP contribution in [0.1, 0.15) is 39.0 Å². The zero-order valence-electron chi connectivity index (χ0n) is 16.3. The molecule has 2 aromatic carbocycles. The van der Waals surface area contributed by atoms with Gasteiger partial charge in [-0.1, -0.05) is 37.6 Å². The quantitative estimate of drug-likeness (QED) is 0.489. The molecule has 148 valence electrons. The first-order chi connectivity index (χ1) is 13.3. The molecule has 0 aliphatic rings. The fraction of sp³-hybridized carbons (Fsp3) is 0.190. The van der Waals surface area contributed by atoms with Crippen molar-refractivity contribution in [1.29, 1.82) is 5.41 Å². The Labute approximate surface area is 164 Å². The van der Waals surface area contributed by atoms with Crippen molar-refractivity contribution in [3.05, 3.63) is 65.1 Å². The van der Waals surface area contributed by atoms with Gasteiger partial charge in [0, 0.05) is 22.7 Å². The Balaban J connectivity index is 0.00000136. The maximum atomic E-state index is 14.8. The van der Waals surface area contributed by atoms with Crippen molar-refractivity contribution >= 4 is 38.9 Å². The first-order valence-corrected chi connectivity index (χ1v) is 10.4. The predicted octanol–water partition coefficient (Wildman–Crippen LogP) is 5.55. The molecule has 28 heavy (non-hydrogen) atoms. The molecule has 0 fully saturated rings. The third-order valence-electron chi connectivity index (χ3n) is 3.85. The summed E-state index contributed by atoms with van der Waals surface area (Å²) in [5, 5.41) is 7.85. The third kappa shape index (κ3) is 4.31. The minimum atomic E-state index is -3.84. The van der Waals surface area contributed by atoms with E-state index in [1.165, 1.54) is 18.2 Å². The summed E-state index contributed by atoms with van der Waals surface area (Å²) < 4.78 is 42.4. The smallest absolute Gasteiger partial charge is 0.261 e. The number of halogens is 1. The Morgan fingerprint density at radius 3 is 2.32 bits per heavy atom. The van der Waals surface area contributed by atoms with Crippen molar-refractivity contribution in [2.45, 2.75) is 32.6 Å². The molecule has 0 bridgehead atoms. The Hall–Kier alpha value is -2.93. The Kier molecular flexibility index (Phi) is 6.75. The molecular weight excluding hydrogens is 377 g/mol. The van der Waals surface area contributed by atoms with E-state index in [0.717, 1.165) is 11.8 Å². The number of nitrogens with one attached hydrogen (secondary N) is 3. The van der Waals surface area contributed by atoms with Gasteiger partial charge in [0.1, 0.15) is 0 Å². The molecule has 1 aromatic heterocycles. The first kappa shape index (κ1) is 21.4. The van der Waals surface area contributed by atoms with Crippen LogP contribution >= 0.6 is 0 Å². The van der Waals surface area contributed by atoms with Crippen molar-refractivity contribution in [1.82, 2.24) is 4.98 Å². The number of sulfonamides is 1. The van der Waals surface area contributed by atoms with E-state index in [0.29, 0.717) is 11.2 Å². The second kappa shape index (κ2) is 8.84. The molecule has 5 nitrogen and oxygen atoms in total. The summed E-state index contributed by atoms with van der Waals surface area (Å²) in [6.45, 7) is 7.70. The molecule has 1 heterocycles. The molecule has 3 aromatic rings. The van der Waals surface area contributed by atoms with Gasteiger partial charge in [0.15, 0.2) is 5.82 Å². The van der Waals surface area contributed by atoms with Crippen LogP contribution in [-0.4, -0.2) is 19.6 Å². The largest absolute Gasteiger partial charge is 0.353 e. The van der Waals surface area contributed by atoms with Crippen molar-refractivity contribution in [3.63, 3.8) is 0 Å². The van der Waals surface area contributed by atoms with E-state index in [4.69, 9.17) is 5.41 Å². The second-order valence-corrected chi connectivity index (χ2v) is 7.77. The summed E-state index contributed by atoms with van der Waals surface area (Å²) in [6.07, 6.45) is 2.62. The van der Waals surface area contributed by atoms with Crippen molar-refractivity contribution in [3.8, 4) is 0 Å². The van der Waals surface area contributed by atoms with Gasteiger partial charge in [0.2, 0.25) is 0 Å². The number of H-pyrrole nitrogens is 1. The van der Waals surface area contributed by atoms with Crippen LogP contribution < -0.4 is 4.72 Å². The average molecular weight is 402 g/mol. The maximum Gasteiger partial charge on any atom is 0.261 e. The van der Waals surface area contributed by atoms with Gasteiger partial charge in [-0.15, -0.1) is 0 Å². The van der Waals surface area contributed by atoms with Crippen LogP contribution in [0.3, 0.4) is 0 Å². The van der Waals surface area contributed by atoms with Gasteiger partial charge in [0.05, 0.1) is 16.3 Å². The minimum absolute atomic E-state index is 0.0933. The summed E-state index contributed by atoms with van der Waals surface area (Å²) in [5.74, 6) is -0.513. The van der Waals surface area contributed by atoms with Crippen molar-refractivity contribution in [2.24, 2.45) is 0 Å². The number of aromatic amines is 1. The molecular formula is C21H24FN3O2S. The lowest BCUT2D eigenvalue weighted by Crippen LogP contribution is -2.14. The number of rotatable bonds is 5. The number of hydrogen-bond acceptors (Lipinski definition) is 3. The minimum Gasteiger partial charge on any atom is -0.353 e. The van der Waals surface area contributed by atoms with Gasteiger partial charge < -0.3 is 10.4 Å². The molecule has 0 spiro atoms. The molecule has 0 saturated heterocycles. The Morgan fingerprint density at radius 1 is 1.11 bits per heavy atom. The summed E-state index contributed by atoms with van der Waals surface area (Å²) in [5.41, 5.74) is 2.03. The number of allylic oxidation sites excluding steroid dienone is 1. The third-order valence-corrected chi connectivity index (χ3v) is 5.23. The molecule has 0 saturated carbocycles. The summed E-state index contributed by atoms with van der Waals surface area (Å²) >= 11 is 0. The van der Waals surface area contributed by atoms with Gasteiger partial charge in [-0.2, -0.15) is 0 Å². The summed E-state index contributed by atoms with van der Waals surface area (Å²) in [4.78, 5) is 3.05. The van der Waals surface area contributed by atoms with Crippen LogP contribution in [0.5, 0.6) is 0 Å². The lowest BCUT2D eigenvalue weighted by atomic mass is 10.1. The normalized spacial score (nSPS) is 10.8. The monoisotopic (exact) mass is 401 g/mol. The SMILES string of the molecule is CC.CC(C)=Cc1[nH]c2ccc(NS(=O)(=O)c3ccccc3)c(C=N)c2c1F. The highest BCUT2D eigenvalue weighted by atomic mass is 32.2. The zero-order chi connectivity index (χ0) is 20.9. The average Bonchev–Trinajstić information content (AvgIpc) is 2.99. The Morgan fingerprint density at radius 2 is 1.75 bits per heavy atom. The van der Waals surface area contributed by atoms with Crippen LogP contribution in [0.2, 0.25) is 0 Å². The molecule has 0 radical (unpaired) electrons. The second-order valence-electron chi connectivity index (χ2n) is 6.09. The highest BCUT2D eigenvalue weighted by Gasteiger charge is 2.19. The van der Waals surface area contributed by atoms with Crippen molar-refractivity contribution < 1.29 is 12.8 Å². The topological polar surface area (TPSA) is 85.8 Å². The zero-order valence-corrected chi connectivity index (χ0v) is 17.1. The molecule has 0 amide bonds. The number of anilines is 1. The molecule has 0 aliphatic carbocycles. The molecule has 3 N–H and O–H groups in total. The van der Waals surface area contributed by atoms with Crippen LogP contribution in [0.4, 0.5) is 10.1 Å². The van der Waals surface area contributed by atoms with Crippen LogP contribution in [0.25, 0.3) is 17.0 Å². The molecule has 3 rings (SSSR count). The lowest BCUT2D eigenvalue weighted by molar-refractivity contribution is 0.601. The first-order valence-electron chi connectivity index (χ1n) is 8.91. The van der Waals surface area contributed by atoms with Crippen LogP contribution in [0, 0.1) is 11.2 Å². The number of benzene rings is 2. The van der Waals surface area contributed by atoms with Gasteiger partial charge in [-0.25, -0.2) is 12.8 Å². The van der Waals surface area contributed by atoms with E-state index in [1.54, 1.807) is 30.3 Å². The van der Waals surface area contributed by atoms with E-state index in [2.05, 4.69) is 9.71 Å². The summed E-state index contributed by atoms with van der Waals surface area (Å²) in [7, 11) is -3.84. The van der Waals surface area contributed by atoms with Crippen LogP contribution in [0.15, 0.2) is 52.9 Å². The van der Waals surface area contributed by atoms with E-state index in [1.807, 2.05) is 27.7 Å². The fourth-order valence-corrected chi connectivity index (χ4v) is 3.83. The molecule has 0 unspecified atom stereocenters. The van der Waals surface area contributed by atoms with Gasteiger partial charge in [-0.3, -0.25) is 4.72 Å². The standard InChI is InChI=1S/C19H18FN3O2S.C2H6/c1-12(2)10-17-19(20)18-14(11-21)15(8-9-16(18)22-17)23-26(24,25)13-6-4-3-5-7-13;1-2/h3-11,21-23H,1-2H3;1-2H3. The number of hydrogen-bond donors (Lipinski definition) is 3. The lowest BCUT2D eigenvalue weighted by Gasteiger charge is -2.11. The van der Waals surface area contributed by atoms with Crippen LogP contribution in [-0.2, 0) is 10.0 Å². The highest BCUT2D eigenvalue weighted by molar-refractivity contribution is 7.92. The number of aromatic nitrogens is 1. The molecule has 0 aliphatic heterocycles. The van der Waals surface area contributed by atoms with E-state index >= 15 is 0 Å². The van der Waals surface area contributed by atoms with Gasteiger partial charge >= 0.3 is 0 Å². The molecule has 0 atom stereocenters. The van der Waals surface area contributed by atoms with Gasteiger partial charge in [-0.05, 0) is 44.2 Å². The Bertz CT molecular complexity index is 1110. The van der Waals surface area contributed by atoms with E-state index in [-0.39, 0.29) is 21.5 Å². The molecule has 7 heteroatoms. The predicted molar refractivity (Wildman–Crippen MR) is 114 cm³/mol. The summed E-state index contributed by atoms with van der Waals surface area (Å²) in [6, 6.07) is 11.0. The van der Waals surface area contributed by atoms with E-state index in [9.17, 15) is 12.8 Å². The van der Waals surface area contributed by atoms with Crippen molar-refractivity contribution in [2.75, 3.05) is 4.72 Å². The highest BCUT2D eigenvalue weighted by Crippen LogP contribution is 2.31. The van der Waals surface area contributed by atoms with E-state index < -0.39 is 15.8 Å². The fourth-order valence-electron chi connectivity index (χ4n) is 2.73. The maximum absolute atomic E-state index is 14.8. The van der Waals surface area contributed by atoms with Gasteiger partial charge in [0.25, 0.3) is 10.0 Å². The number of fused-ring (bicyclic) bond motifs is 1.